The van der Waals surface area contributed by atoms with Crippen LogP contribution in [0.1, 0.15) is 26.2 Å². The molecule has 1 atom stereocenters. The SMILES string of the molecule is CCCCC(NS(=O)(=O)c1cc(Br)cc([N+](=O)[O-])c1)C(=O)O. The van der Waals surface area contributed by atoms with Gasteiger partial charge in [0.1, 0.15) is 6.04 Å². The van der Waals surface area contributed by atoms with Gasteiger partial charge < -0.3 is 5.11 Å². The zero-order valence-corrected chi connectivity index (χ0v) is 14.1. The van der Waals surface area contributed by atoms with Gasteiger partial charge in [0, 0.05) is 16.6 Å². The van der Waals surface area contributed by atoms with E-state index < -0.39 is 32.6 Å². The largest absolute Gasteiger partial charge is 0.480 e. The van der Waals surface area contributed by atoms with Gasteiger partial charge in [-0.05, 0) is 12.5 Å². The summed E-state index contributed by atoms with van der Waals surface area (Å²) in [4.78, 5) is 20.8. The summed E-state index contributed by atoms with van der Waals surface area (Å²) in [5.74, 6) is -1.29. The third kappa shape index (κ3) is 5.04. The van der Waals surface area contributed by atoms with Crippen LogP contribution in [-0.2, 0) is 14.8 Å². The molecule has 0 aliphatic carbocycles. The number of hydrogen-bond acceptors (Lipinski definition) is 5. The Balaban J connectivity index is 3.12. The number of non-ortho nitro benzene ring substituents is 1. The maximum atomic E-state index is 12.2. The van der Waals surface area contributed by atoms with Crippen LogP contribution in [-0.4, -0.2) is 30.5 Å². The lowest BCUT2D eigenvalue weighted by molar-refractivity contribution is -0.385. The van der Waals surface area contributed by atoms with Crippen molar-refractivity contribution in [1.29, 1.82) is 0 Å². The topological polar surface area (TPSA) is 127 Å². The number of nitro benzene ring substituents is 1. The minimum Gasteiger partial charge on any atom is -0.480 e. The van der Waals surface area contributed by atoms with Crippen molar-refractivity contribution in [3.8, 4) is 0 Å². The molecule has 1 aromatic carbocycles. The highest BCUT2D eigenvalue weighted by molar-refractivity contribution is 9.10. The lowest BCUT2D eigenvalue weighted by Crippen LogP contribution is -2.40. The van der Waals surface area contributed by atoms with Crippen LogP contribution >= 0.6 is 15.9 Å². The highest BCUT2D eigenvalue weighted by Crippen LogP contribution is 2.24. The number of nitro groups is 1. The second-order valence-corrected chi connectivity index (χ2v) is 7.19. The highest BCUT2D eigenvalue weighted by atomic mass is 79.9. The Bertz CT molecular complexity index is 676. The molecule has 2 N–H and O–H groups in total. The predicted molar refractivity (Wildman–Crippen MR) is 82.1 cm³/mol. The van der Waals surface area contributed by atoms with Gasteiger partial charge in [-0.1, -0.05) is 35.7 Å². The zero-order valence-electron chi connectivity index (χ0n) is 11.7. The number of carboxylic acid groups (broad SMARTS) is 1. The summed E-state index contributed by atoms with van der Waals surface area (Å²) in [6, 6.07) is 1.94. The molecule has 0 saturated carbocycles. The number of carbonyl (C=O) groups is 1. The number of unbranched alkanes of at least 4 members (excludes halogenated alkanes) is 1. The van der Waals surface area contributed by atoms with Crippen molar-refractivity contribution in [2.45, 2.75) is 37.1 Å². The molecule has 0 spiro atoms. The number of nitrogens with one attached hydrogen (secondary N) is 1. The van der Waals surface area contributed by atoms with Crippen LogP contribution in [0.25, 0.3) is 0 Å². The van der Waals surface area contributed by atoms with Crippen LogP contribution in [0.5, 0.6) is 0 Å². The van der Waals surface area contributed by atoms with Crippen molar-refractivity contribution in [2.24, 2.45) is 0 Å². The molecule has 0 saturated heterocycles. The van der Waals surface area contributed by atoms with Crippen LogP contribution in [0.2, 0.25) is 0 Å². The van der Waals surface area contributed by atoms with E-state index in [2.05, 4.69) is 20.7 Å². The van der Waals surface area contributed by atoms with Gasteiger partial charge in [-0.3, -0.25) is 14.9 Å². The Morgan fingerprint density at radius 1 is 1.45 bits per heavy atom. The Kier molecular flexibility index (Phi) is 6.45. The van der Waals surface area contributed by atoms with Crippen molar-refractivity contribution in [3.63, 3.8) is 0 Å². The molecule has 0 bridgehead atoms. The maximum Gasteiger partial charge on any atom is 0.321 e. The second kappa shape index (κ2) is 7.65. The van der Waals surface area contributed by atoms with E-state index in [4.69, 9.17) is 5.11 Å². The predicted octanol–water partition coefficient (Wildman–Crippen LogP) is 2.28. The fourth-order valence-electron chi connectivity index (χ4n) is 1.70. The average molecular weight is 395 g/mol. The summed E-state index contributed by atoms with van der Waals surface area (Å²) in [5, 5.41) is 19.8. The molecule has 22 heavy (non-hydrogen) atoms. The molecular weight excluding hydrogens is 380 g/mol. The Morgan fingerprint density at radius 2 is 2.09 bits per heavy atom. The average Bonchev–Trinajstić information content (AvgIpc) is 2.42. The lowest BCUT2D eigenvalue weighted by atomic mass is 10.1. The molecule has 10 heteroatoms. The van der Waals surface area contributed by atoms with Gasteiger partial charge in [0.05, 0.1) is 9.82 Å². The van der Waals surface area contributed by atoms with E-state index in [1.54, 1.807) is 0 Å². The first-order valence-electron chi connectivity index (χ1n) is 6.37. The van der Waals surface area contributed by atoms with Crippen molar-refractivity contribution >= 4 is 37.6 Å². The molecule has 0 radical (unpaired) electrons. The first-order valence-corrected chi connectivity index (χ1v) is 8.65. The Hall–Kier alpha value is -1.52. The zero-order chi connectivity index (χ0) is 16.9. The first-order chi connectivity index (χ1) is 10.2. The van der Waals surface area contributed by atoms with Gasteiger partial charge in [-0.15, -0.1) is 0 Å². The molecule has 8 nitrogen and oxygen atoms in total. The summed E-state index contributed by atoms with van der Waals surface area (Å²) in [5.41, 5.74) is -0.407. The van der Waals surface area contributed by atoms with E-state index in [9.17, 15) is 23.3 Å². The summed E-state index contributed by atoms with van der Waals surface area (Å²) in [6.45, 7) is 1.85. The van der Waals surface area contributed by atoms with Crippen molar-refractivity contribution in [2.75, 3.05) is 0 Å². The molecule has 1 aromatic rings. The van der Waals surface area contributed by atoms with Gasteiger partial charge in [0.25, 0.3) is 5.69 Å². The molecule has 0 amide bonds. The fraction of sp³-hybridized carbons (Fsp3) is 0.417. The molecule has 0 aromatic heterocycles. The summed E-state index contributed by atoms with van der Waals surface area (Å²) < 4.78 is 26.7. The van der Waals surface area contributed by atoms with Gasteiger partial charge >= 0.3 is 5.97 Å². The van der Waals surface area contributed by atoms with E-state index in [1.165, 1.54) is 6.07 Å². The second-order valence-electron chi connectivity index (χ2n) is 4.56. The van der Waals surface area contributed by atoms with E-state index >= 15 is 0 Å². The summed E-state index contributed by atoms with van der Waals surface area (Å²) in [6.07, 6.45) is 1.40. The Labute approximate surface area is 135 Å². The molecular formula is C12H15BrN2O6S. The van der Waals surface area contributed by atoms with Crippen LogP contribution < -0.4 is 4.72 Å². The van der Waals surface area contributed by atoms with Gasteiger partial charge in [-0.2, -0.15) is 4.72 Å². The maximum absolute atomic E-state index is 12.2. The number of carboxylic acids is 1. The van der Waals surface area contributed by atoms with Gasteiger partial charge in [0.2, 0.25) is 10.0 Å². The van der Waals surface area contributed by atoms with Crippen LogP contribution in [0, 0.1) is 10.1 Å². The quantitative estimate of drug-likeness (QED) is 0.514. The minimum atomic E-state index is -4.18. The number of rotatable bonds is 8. The number of nitrogens with zero attached hydrogens (tertiary/aromatic N) is 1. The van der Waals surface area contributed by atoms with Crippen LogP contribution in [0.15, 0.2) is 27.6 Å². The third-order valence-corrected chi connectivity index (χ3v) is 4.73. The third-order valence-electron chi connectivity index (χ3n) is 2.82. The van der Waals surface area contributed by atoms with Gasteiger partial charge in [-0.25, -0.2) is 8.42 Å². The molecule has 0 heterocycles. The summed E-state index contributed by atoms with van der Waals surface area (Å²) >= 11 is 3.00. The smallest absolute Gasteiger partial charge is 0.321 e. The highest BCUT2D eigenvalue weighted by Gasteiger charge is 2.26. The lowest BCUT2D eigenvalue weighted by Gasteiger charge is -2.14. The molecule has 0 aliphatic rings. The number of halogens is 1. The number of hydrogen-bond donors (Lipinski definition) is 2. The standard InChI is InChI=1S/C12H15BrN2O6S/c1-2-3-4-11(12(16)17)14-22(20,21)10-6-8(13)5-9(7-10)15(18)19/h5-7,11,14H,2-4H2,1H3,(H,16,17). The van der Waals surface area contributed by atoms with Crippen LogP contribution in [0.3, 0.4) is 0 Å². The van der Waals surface area contributed by atoms with Crippen molar-refractivity contribution < 1.29 is 23.2 Å². The summed E-state index contributed by atoms with van der Waals surface area (Å²) in [7, 11) is -4.18. The van der Waals surface area contributed by atoms with Crippen molar-refractivity contribution in [1.82, 2.24) is 4.72 Å². The molecule has 0 aliphatic heterocycles. The number of aliphatic carboxylic acids is 1. The number of benzene rings is 1. The fourth-order valence-corrected chi connectivity index (χ4v) is 3.62. The van der Waals surface area contributed by atoms with E-state index in [0.717, 1.165) is 12.1 Å². The van der Waals surface area contributed by atoms with Crippen molar-refractivity contribution in [3.05, 3.63) is 32.8 Å². The van der Waals surface area contributed by atoms with E-state index in [0.29, 0.717) is 12.8 Å². The van der Waals surface area contributed by atoms with E-state index in [1.807, 2.05) is 6.92 Å². The van der Waals surface area contributed by atoms with Crippen LogP contribution in [0.4, 0.5) is 5.69 Å². The first kappa shape index (κ1) is 18.5. The normalized spacial score (nSPS) is 12.8. The van der Waals surface area contributed by atoms with Gasteiger partial charge in [0.15, 0.2) is 0 Å². The molecule has 122 valence electrons. The monoisotopic (exact) mass is 394 g/mol. The van der Waals surface area contributed by atoms with E-state index in [-0.39, 0.29) is 15.8 Å². The number of sulfonamides is 1. The Morgan fingerprint density at radius 3 is 2.59 bits per heavy atom. The molecule has 0 fully saturated rings. The molecule has 1 unspecified atom stereocenters. The minimum absolute atomic E-state index is 0.140. The molecule has 1 rings (SSSR count).